The van der Waals surface area contributed by atoms with Gasteiger partial charge in [0, 0.05) is 6.20 Å². The number of imidazole rings is 1. The van der Waals surface area contributed by atoms with Gasteiger partial charge in [0.25, 0.3) is 0 Å². The Balaban J connectivity index is 2.05. The molecule has 0 saturated heterocycles. The predicted molar refractivity (Wildman–Crippen MR) is 55.3 cm³/mol. The summed E-state index contributed by atoms with van der Waals surface area (Å²) in [7, 11) is 0. The molecule has 15 heavy (non-hydrogen) atoms. The summed E-state index contributed by atoms with van der Waals surface area (Å²) < 4.78 is 7.25. The largest absolute Gasteiger partial charge is 0.467 e. The highest BCUT2D eigenvalue weighted by Crippen LogP contribution is 2.11. The average molecular weight is 199 g/mol. The number of hydrogen-bond donors (Lipinski definition) is 0. The Morgan fingerprint density at radius 1 is 1.20 bits per heavy atom. The van der Waals surface area contributed by atoms with Gasteiger partial charge in [-0.05, 0) is 24.3 Å². The minimum atomic E-state index is 0.667. The molecule has 0 N–H and O–H groups in total. The van der Waals surface area contributed by atoms with Crippen LogP contribution in [0.2, 0.25) is 0 Å². The van der Waals surface area contributed by atoms with E-state index in [1.54, 1.807) is 18.8 Å². The van der Waals surface area contributed by atoms with Gasteiger partial charge >= 0.3 is 0 Å². The van der Waals surface area contributed by atoms with E-state index >= 15 is 0 Å². The molecule has 0 aliphatic rings. The lowest BCUT2D eigenvalue weighted by atomic mass is 10.4. The first kappa shape index (κ1) is 8.23. The molecule has 3 rings (SSSR count). The summed E-state index contributed by atoms with van der Waals surface area (Å²) in [6, 6.07) is 7.64. The van der Waals surface area contributed by atoms with E-state index in [1.807, 2.05) is 28.8 Å². The highest BCUT2D eigenvalue weighted by molar-refractivity contribution is 5.70. The van der Waals surface area contributed by atoms with E-state index < -0.39 is 0 Å². The van der Waals surface area contributed by atoms with Gasteiger partial charge in [0.2, 0.25) is 0 Å². The van der Waals surface area contributed by atoms with E-state index in [2.05, 4.69) is 9.97 Å². The fourth-order valence-corrected chi connectivity index (χ4v) is 1.58. The molecule has 3 heterocycles. The van der Waals surface area contributed by atoms with Crippen LogP contribution in [0.4, 0.5) is 0 Å². The van der Waals surface area contributed by atoms with E-state index in [0.29, 0.717) is 6.54 Å². The maximum atomic E-state index is 5.28. The van der Waals surface area contributed by atoms with Crippen molar-refractivity contribution in [2.24, 2.45) is 0 Å². The van der Waals surface area contributed by atoms with Gasteiger partial charge in [-0.2, -0.15) is 0 Å². The quantitative estimate of drug-likeness (QED) is 0.634. The molecule has 0 amide bonds. The van der Waals surface area contributed by atoms with Crippen molar-refractivity contribution in [2.75, 3.05) is 0 Å². The van der Waals surface area contributed by atoms with Crippen LogP contribution in [0.15, 0.2) is 47.5 Å². The lowest BCUT2D eigenvalue weighted by Crippen LogP contribution is -1.97. The third-order valence-corrected chi connectivity index (χ3v) is 2.28. The standard InChI is InChI=1S/C11H9N3O/c1-4-10-11(12-5-1)14(8-13-10)7-9-3-2-6-15-9/h1-6,8H,7H2. The Morgan fingerprint density at radius 3 is 3.07 bits per heavy atom. The van der Waals surface area contributed by atoms with E-state index in [9.17, 15) is 0 Å². The molecule has 0 atom stereocenters. The molecule has 4 nitrogen and oxygen atoms in total. The molecule has 74 valence electrons. The first-order valence-electron chi connectivity index (χ1n) is 4.72. The smallest absolute Gasteiger partial charge is 0.160 e. The molecule has 0 saturated carbocycles. The Bertz CT molecular complexity index is 568. The van der Waals surface area contributed by atoms with Crippen LogP contribution in [-0.4, -0.2) is 14.5 Å². The first-order valence-corrected chi connectivity index (χ1v) is 4.72. The summed E-state index contributed by atoms with van der Waals surface area (Å²) in [6.07, 6.45) is 5.21. The van der Waals surface area contributed by atoms with E-state index in [-0.39, 0.29) is 0 Å². The van der Waals surface area contributed by atoms with Crippen LogP contribution < -0.4 is 0 Å². The van der Waals surface area contributed by atoms with Gasteiger partial charge < -0.3 is 8.98 Å². The van der Waals surface area contributed by atoms with Crippen molar-refractivity contribution in [3.63, 3.8) is 0 Å². The van der Waals surface area contributed by atoms with Crippen molar-refractivity contribution in [2.45, 2.75) is 6.54 Å². The molecule has 0 aromatic carbocycles. The molecule has 0 aliphatic carbocycles. The Hall–Kier alpha value is -2.10. The molecule has 0 spiro atoms. The molecular weight excluding hydrogens is 190 g/mol. The molecular formula is C11H9N3O. The zero-order valence-electron chi connectivity index (χ0n) is 8.00. The van der Waals surface area contributed by atoms with Crippen LogP contribution in [0.25, 0.3) is 11.2 Å². The molecule has 0 unspecified atom stereocenters. The lowest BCUT2D eigenvalue weighted by molar-refractivity contribution is 0.495. The number of nitrogens with zero attached hydrogens (tertiary/aromatic N) is 3. The lowest BCUT2D eigenvalue weighted by Gasteiger charge is -1.99. The SMILES string of the molecule is c1coc(Cn2cnc3cccnc32)c1. The monoisotopic (exact) mass is 199 g/mol. The summed E-state index contributed by atoms with van der Waals surface area (Å²) in [5.41, 5.74) is 1.79. The van der Waals surface area contributed by atoms with Gasteiger partial charge in [0.05, 0.1) is 19.1 Å². The number of fused-ring (bicyclic) bond motifs is 1. The predicted octanol–water partition coefficient (Wildman–Crippen LogP) is 2.07. The van der Waals surface area contributed by atoms with Gasteiger partial charge in [-0.15, -0.1) is 0 Å². The van der Waals surface area contributed by atoms with Crippen LogP contribution in [0, 0.1) is 0 Å². The summed E-state index contributed by atoms with van der Waals surface area (Å²) in [5, 5.41) is 0. The number of aromatic nitrogens is 3. The number of hydrogen-bond acceptors (Lipinski definition) is 3. The minimum Gasteiger partial charge on any atom is -0.467 e. The summed E-state index contributed by atoms with van der Waals surface area (Å²) >= 11 is 0. The highest BCUT2D eigenvalue weighted by Gasteiger charge is 2.04. The number of furan rings is 1. The van der Waals surface area contributed by atoms with Gasteiger partial charge in [0.15, 0.2) is 5.65 Å². The second-order valence-corrected chi connectivity index (χ2v) is 3.30. The van der Waals surface area contributed by atoms with Crippen LogP contribution >= 0.6 is 0 Å². The van der Waals surface area contributed by atoms with Crippen LogP contribution in [0.1, 0.15) is 5.76 Å². The van der Waals surface area contributed by atoms with Gasteiger partial charge in [-0.25, -0.2) is 9.97 Å². The number of pyridine rings is 1. The van der Waals surface area contributed by atoms with Gasteiger partial charge in [-0.1, -0.05) is 0 Å². The van der Waals surface area contributed by atoms with Crippen LogP contribution in [0.3, 0.4) is 0 Å². The van der Waals surface area contributed by atoms with Crippen molar-refractivity contribution in [1.82, 2.24) is 14.5 Å². The van der Waals surface area contributed by atoms with Gasteiger partial charge in [-0.3, -0.25) is 0 Å². The van der Waals surface area contributed by atoms with Crippen molar-refractivity contribution in [3.05, 3.63) is 48.8 Å². The number of rotatable bonds is 2. The van der Waals surface area contributed by atoms with Crippen LogP contribution in [0.5, 0.6) is 0 Å². The second kappa shape index (κ2) is 3.24. The van der Waals surface area contributed by atoms with E-state index in [1.165, 1.54) is 0 Å². The maximum absolute atomic E-state index is 5.28. The normalized spacial score (nSPS) is 10.9. The summed E-state index contributed by atoms with van der Waals surface area (Å²) in [4.78, 5) is 8.54. The molecule has 0 radical (unpaired) electrons. The van der Waals surface area contributed by atoms with Crippen molar-refractivity contribution < 1.29 is 4.42 Å². The topological polar surface area (TPSA) is 43.9 Å². The molecule has 4 heteroatoms. The highest BCUT2D eigenvalue weighted by atomic mass is 16.3. The Kier molecular flexibility index (Phi) is 1.78. The first-order chi connectivity index (χ1) is 7.43. The Labute approximate surface area is 86.2 Å². The van der Waals surface area contributed by atoms with Gasteiger partial charge in [0.1, 0.15) is 11.3 Å². The third kappa shape index (κ3) is 1.40. The molecule has 0 bridgehead atoms. The summed E-state index contributed by atoms with van der Waals surface area (Å²) in [5.74, 6) is 0.903. The van der Waals surface area contributed by atoms with Crippen LogP contribution in [-0.2, 0) is 6.54 Å². The Morgan fingerprint density at radius 2 is 2.20 bits per heavy atom. The molecule has 0 aliphatic heterocycles. The van der Waals surface area contributed by atoms with Crippen molar-refractivity contribution in [3.8, 4) is 0 Å². The minimum absolute atomic E-state index is 0.667. The van der Waals surface area contributed by atoms with Crippen molar-refractivity contribution >= 4 is 11.2 Å². The average Bonchev–Trinajstić information content (AvgIpc) is 2.89. The molecule has 3 aromatic heterocycles. The fourth-order valence-electron chi connectivity index (χ4n) is 1.58. The molecule has 0 fully saturated rings. The van der Waals surface area contributed by atoms with Crippen molar-refractivity contribution in [1.29, 1.82) is 0 Å². The molecule has 3 aromatic rings. The fraction of sp³-hybridized carbons (Fsp3) is 0.0909. The zero-order chi connectivity index (χ0) is 10.1. The third-order valence-electron chi connectivity index (χ3n) is 2.28. The van der Waals surface area contributed by atoms with E-state index in [4.69, 9.17) is 4.42 Å². The second-order valence-electron chi connectivity index (χ2n) is 3.30. The van der Waals surface area contributed by atoms with E-state index in [0.717, 1.165) is 16.9 Å². The summed E-state index contributed by atoms with van der Waals surface area (Å²) in [6.45, 7) is 0.667. The maximum Gasteiger partial charge on any atom is 0.160 e. The zero-order valence-corrected chi connectivity index (χ0v) is 8.00.